The summed E-state index contributed by atoms with van der Waals surface area (Å²) in [5.41, 5.74) is 20.5. The second-order valence-electron chi connectivity index (χ2n) is 23.6. The minimum absolute atomic E-state index is 0.143. The van der Waals surface area contributed by atoms with E-state index in [0.29, 0.717) is 25.6 Å². The van der Waals surface area contributed by atoms with Crippen molar-refractivity contribution in [1.29, 1.82) is 0 Å². The second-order valence-corrected chi connectivity index (χ2v) is 23.6. The standard InChI is InChI=1S/C22H30.C18H26O2.C16H22O2.C16H16.C14H16F2O2/c1-5-7-9-11-13-15-21-17-20(4)22(18-19(21)3)16-14-12-10-8-6-2;1-5-7-9-11-19-17-13-16(4)18(14-15(17)3)20-12-10-8-6-2;1-5-7-9-17-15-11-14(4)16(12-13(15)3)18-10-8-6-2;1-11-7-12(2)9-16(8-11)15-6-4-13-3-5-14(13)10-15;1-4-6-17-12-8-11(3)13(9-10(12)2)18-7-5-14(15)16/h5-10,17-18H,1-2,11-16H2,3-4H3;5-6,13-14H,1-2,7-12H2,3-4H3;5-6,11-12H,1-2,7-10H2,3-4H3;4,6-10H,3,5H2,1-2H3;4-5,8-9H,1,6-7H2,2-3H3/b9-7+,10-8+;;;;. The quantitative estimate of drug-likeness (QED) is 0.0225. The fourth-order valence-electron chi connectivity index (χ4n) is 10.1. The average molecular weight is 1280 g/mol. The first-order chi connectivity index (χ1) is 45.3. The van der Waals surface area contributed by atoms with Gasteiger partial charge in [-0.3, -0.25) is 0 Å². The van der Waals surface area contributed by atoms with Crippen LogP contribution in [-0.4, -0.2) is 39.6 Å². The molecule has 0 bridgehead atoms. The number of ether oxygens (including phenoxy) is 6. The number of benzene rings is 6. The topological polar surface area (TPSA) is 55.4 Å². The molecule has 504 valence electrons. The highest BCUT2D eigenvalue weighted by molar-refractivity contribution is 5.67. The van der Waals surface area contributed by atoms with Crippen molar-refractivity contribution in [3.63, 3.8) is 0 Å². The van der Waals surface area contributed by atoms with Crippen molar-refractivity contribution in [2.45, 2.75) is 159 Å². The number of halogens is 2. The zero-order chi connectivity index (χ0) is 69.0. The molecule has 0 fully saturated rings. The van der Waals surface area contributed by atoms with E-state index in [2.05, 4.69) is 160 Å². The van der Waals surface area contributed by atoms with Gasteiger partial charge in [-0.05, 0) is 273 Å². The molecule has 0 amide bonds. The molecule has 1 aliphatic carbocycles. The van der Waals surface area contributed by atoms with E-state index in [1.807, 2.05) is 94.5 Å². The zero-order valence-electron chi connectivity index (χ0n) is 58.8. The Bertz CT molecular complexity index is 3270. The van der Waals surface area contributed by atoms with Gasteiger partial charge in [-0.25, -0.2) is 0 Å². The van der Waals surface area contributed by atoms with Crippen molar-refractivity contribution in [2.75, 3.05) is 39.6 Å². The fourth-order valence-corrected chi connectivity index (χ4v) is 10.1. The summed E-state index contributed by atoms with van der Waals surface area (Å²) in [4.78, 5) is 0. The number of allylic oxidation sites excluding steroid dienone is 8. The summed E-state index contributed by atoms with van der Waals surface area (Å²) in [5.74, 6) is 5.06. The summed E-state index contributed by atoms with van der Waals surface area (Å²) in [5, 5.41) is 0. The molecule has 1 aliphatic rings. The first-order valence-corrected chi connectivity index (χ1v) is 33.3. The van der Waals surface area contributed by atoms with Crippen LogP contribution in [0.1, 0.15) is 142 Å². The smallest absolute Gasteiger partial charge is 0.269 e. The zero-order valence-corrected chi connectivity index (χ0v) is 58.8. The van der Waals surface area contributed by atoms with Gasteiger partial charge in [-0.1, -0.05) is 146 Å². The Morgan fingerprint density at radius 1 is 0.362 bits per heavy atom. The van der Waals surface area contributed by atoms with Gasteiger partial charge in [0.15, 0.2) is 0 Å². The summed E-state index contributed by atoms with van der Waals surface area (Å²) in [6, 6.07) is 30.2. The summed E-state index contributed by atoms with van der Waals surface area (Å²) in [7, 11) is 0. The van der Waals surface area contributed by atoms with Crippen LogP contribution in [0, 0.1) is 69.2 Å². The molecular formula is C86H110F2O6. The third-order valence-corrected chi connectivity index (χ3v) is 15.4. The van der Waals surface area contributed by atoms with E-state index in [1.54, 1.807) is 12.1 Å². The number of hydrogen-bond donors (Lipinski definition) is 0. The van der Waals surface area contributed by atoms with Crippen molar-refractivity contribution in [2.24, 2.45) is 0 Å². The number of hydrogen-bond acceptors (Lipinski definition) is 6. The molecule has 0 spiro atoms. The highest BCUT2D eigenvalue weighted by atomic mass is 19.3. The molecule has 0 saturated heterocycles. The van der Waals surface area contributed by atoms with Crippen LogP contribution in [0.3, 0.4) is 0 Å². The minimum atomic E-state index is -1.74. The molecule has 6 aromatic rings. The van der Waals surface area contributed by atoms with Gasteiger partial charge in [0.1, 0.15) is 47.7 Å². The van der Waals surface area contributed by atoms with Gasteiger partial charge >= 0.3 is 0 Å². The van der Waals surface area contributed by atoms with Crippen molar-refractivity contribution >= 4 is 0 Å². The number of fused-ring (bicyclic) bond motifs is 1. The Morgan fingerprint density at radius 3 is 1.10 bits per heavy atom. The molecule has 0 aliphatic heterocycles. The first-order valence-electron chi connectivity index (χ1n) is 33.3. The third-order valence-electron chi connectivity index (χ3n) is 15.4. The highest BCUT2D eigenvalue weighted by Gasteiger charge is 2.14. The predicted molar refractivity (Wildman–Crippen MR) is 399 cm³/mol. The van der Waals surface area contributed by atoms with Crippen molar-refractivity contribution in [3.05, 3.63) is 288 Å². The molecule has 0 aromatic heterocycles. The molecule has 0 heterocycles. The number of rotatable bonds is 35. The summed E-state index contributed by atoms with van der Waals surface area (Å²) in [6.07, 6.45) is 35.5. The molecule has 0 atom stereocenters. The van der Waals surface area contributed by atoms with Gasteiger partial charge in [0, 0.05) is 6.08 Å². The van der Waals surface area contributed by atoms with Gasteiger partial charge < -0.3 is 28.4 Å². The van der Waals surface area contributed by atoms with Gasteiger partial charge in [0.2, 0.25) is 0 Å². The molecule has 8 heteroatoms. The molecular weight excluding hydrogens is 1170 g/mol. The molecule has 0 unspecified atom stereocenters. The SMILES string of the molecule is C=C/C=C/CCCc1cc(C)c(CCC/C=C/C=C)cc1C.C=CCCCOc1cc(C)c(OCCCC=C)cc1C.C=CCCOc1cc(C)c(OCCC=C)cc1C.C=CCOc1cc(C)c(OCC=C(F)F)cc1C.Cc1cc(C)cc(-c2ccc3c(c2)CC3)c1. The molecule has 6 aromatic carbocycles. The minimum Gasteiger partial charge on any atom is -0.493 e. The van der Waals surface area contributed by atoms with Crippen LogP contribution in [0.25, 0.3) is 11.1 Å². The second kappa shape index (κ2) is 46.4. The molecule has 0 N–H and O–H groups in total. The Kier molecular flexibility index (Phi) is 39.3. The monoisotopic (exact) mass is 1280 g/mol. The van der Waals surface area contributed by atoms with Crippen LogP contribution < -0.4 is 28.4 Å². The van der Waals surface area contributed by atoms with E-state index in [9.17, 15) is 8.78 Å². The lowest BCUT2D eigenvalue weighted by Gasteiger charge is -2.19. The maximum absolute atomic E-state index is 11.9. The summed E-state index contributed by atoms with van der Waals surface area (Å²) < 4.78 is 57.5. The van der Waals surface area contributed by atoms with Crippen LogP contribution in [0.5, 0.6) is 34.5 Å². The van der Waals surface area contributed by atoms with Crippen LogP contribution in [0.15, 0.2) is 210 Å². The Hall–Kier alpha value is -8.62. The maximum atomic E-state index is 11.9. The predicted octanol–water partition coefficient (Wildman–Crippen LogP) is 23.7. The van der Waals surface area contributed by atoms with E-state index in [-0.39, 0.29) is 6.61 Å². The van der Waals surface area contributed by atoms with Crippen molar-refractivity contribution in [3.8, 4) is 45.6 Å². The van der Waals surface area contributed by atoms with Gasteiger partial charge in [-0.2, -0.15) is 8.78 Å². The lowest BCUT2D eigenvalue weighted by Crippen LogP contribution is -2.07. The van der Waals surface area contributed by atoms with Crippen LogP contribution >= 0.6 is 0 Å². The van der Waals surface area contributed by atoms with E-state index < -0.39 is 6.08 Å². The molecule has 94 heavy (non-hydrogen) atoms. The molecule has 6 nitrogen and oxygen atoms in total. The summed E-state index contributed by atoms with van der Waals surface area (Å²) >= 11 is 0. The largest absolute Gasteiger partial charge is 0.493 e. The number of unbranched alkanes of at least 4 members (excludes halogenated alkanes) is 4. The summed E-state index contributed by atoms with van der Waals surface area (Å²) in [6.45, 7) is 49.5. The van der Waals surface area contributed by atoms with Crippen LogP contribution in [0.4, 0.5) is 8.78 Å². The Morgan fingerprint density at radius 2 is 0.745 bits per heavy atom. The highest BCUT2D eigenvalue weighted by Crippen LogP contribution is 2.33. The van der Waals surface area contributed by atoms with E-state index in [4.69, 9.17) is 28.4 Å². The van der Waals surface area contributed by atoms with E-state index in [0.717, 1.165) is 146 Å². The fraction of sp³-hybridized carbons (Fsp3) is 0.349. The van der Waals surface area contributed by atoms with Crippen molar-refractivity contribution in [1.82, 2.24) is 0 Å². The van der Waals surface area contributed by atoms with Crippen molar-refractivity contribution < 1.29 is 37.2 Å². The van der Waals surface area contributed by atoms with E-state index in [1.165, 1.54) is 81.3 Å². The van der Waals surface area contributed by atoms with Gasteiger partial charge in [0.05, 0.1) is 26.4 Å². The normalized spacial score (nSPS) is 10.8. The lowest BCUT2D eigenvalue weighted by atomic mass is 9.86. The molecule has 0 saturated carbocycles. The first kappa shape index (κ1) is 79.6. The average Bonchev–Trinajstić information content (AvgIpc) is 0.830. The maximum Gasteiger partial charge on any atom is 0.269 e. The van der Waals surface area contributed by atoms with Gasteiger partial charge in [-0.15, -0.1) is 26.3 Å². The van der Waals surface area contributed by atoms with E-state index >= 15 is 0 Å². The Labute approximate surface area is 566 Å². The molecule has 0 radical (unpaired) electrons. The van der Waals surface area contributed by atoms with Crippen LogP contribution in [0.2, 0.25) is 0 Å². The Balaban J connectivity index is 0.000000307. The van der Waals surface area contributed by atoms with Gasteiger partial charge in [0.25, 0.3) is 6.08 Å². The lowest BCUT2D eigenvalue weighted by molar-refractivity contribution is 0.300. The number of aryl methyl sites for hydroxylation is 14. The molecule has 7 rings (SSSR count). The van der Waals surface area contributed by atoms with Crippen LogP contribution in [-0.2, 0) is 25.7 Å². The third kappa shape index (κ3) is 30.9.